The molecule has 0 aromatic carbocycles. The van der Waals surface area contributed by atoms with E-state index < -0.39 is 6.10 Å². The molecular weight excluding hydrogens is 865 g/mol. The quantitative estimate of drug-likeness (QED) is 0.0261. The Bertz CT molecular complexity index is 1310. The molecule has 0 N–H and O–H groups in total. The van der Waals surface area contributed by atoms with Gasteiger partial charge in [0.1, 0.15) is 13.2 Å². The van der Waals surface area contributed by atoms with E-state index in [0.717, 1.165) is 96.3 Å². The highest BCUT2D eigenvalue weighted by molar-refractivity contribution is 5.71. The van der Waals surface area contributed by atoms with Crippen molar-refractivity contribution in [2.45, 2.75) is 303 Å². The van der Waals surface area contributed by atoms with E-state index in [4.69, 9.17) is 14.2 Å². The van der Waals surface area contributed by atoms with Gasteiger partial charge in [0, 0.05) is 19.3 Å². The van der Waals surface area contributed by atoms with Crippen LogP contribution < -0.4 is 0 Å². The Hall–Kier alpha value is -3.15. The Labute approximate surface area is 433 Å². The second-order valence-electron chi connectivity index (χ2n) is 19.9. The fourth-order valence-electron chi connectivity index (χ4n) is 8.47. The van der Waals surface area contributed by atoms with Gasteiger partial charge in [0.2, 0.25) is 0 Å². The van der Waals surface area contributed by atoms with Crippen LogP contribution in [-0.2, 0) is 28.6 Å². The van der Waals surface area contributed by atoms with Crippen molar-refractivity contribution in [1.29, 1.82) is 0 Å². The lowest BCUT2D eigenvalue weighted by Gasteiger charge is -2.18. The van der Waals surface area contributed by atoms with E-state index in [1.807, 2.05) is 0 Å². The average molecular weight is 978 g/mol. The van der Waals surface area contributed by atoms with Crippen molar-refractivity contribution in [3.05, 3.63) is 72.9 Å². The lowest BCUT2D eigenvalue weighted by molar-refractivity contribution is -0.167. The third-order valence-electron chi connectivity index (χ3n) is 12.9. The van der Waals surface area contributed by atoms with Gasteiger partial charge in [0.25, 0.3) is 0 Å². The lowest BCUT2D eigenvalue weighted by Crippen LogP contribution is -2.30. The third kappa shape index (κ3) is 55.8. The molecule has 0 fully saturated rings. The molecule has 0 amide bonds. The van der Waals surface area contributed by atoms with Crippen LogP contribution in [0.5, 0.6) is 0 Å². The number of carbonyl (C=O) groups excluding carboxylic acids is 3. The predicted octanol–water partition coefficient (Wildman–Crippen LogP) is 20.2. The molecule has 0 aliphatic carbocycles. The van der Waals surface area contributed by atoms with Gasteiger partial charge < -0.3 is 14.2 Å². The third-order valence-corrected chi connectivity index (χ3v) is 12.9. The van der Waals surface area contributed by atoms with Crippen LogP contribution in [0.2, 0.25) is 0 Å². The molecule has 0 aliphatic heterocycles. The molecule has 0 saturated carbocycles. The summed E-state index contributed by atoms with van der Waals surface area (Å²) in [5, 5.41) is 0. The van der Waals surface area contributed by atoms with Crippen LogP contribution in [0.3, 0.4) is 0 Å². The van der Waals surface area contributed by atoms with Gasteiger partial charge in [-0.25, -0.2) is 0 Å². The summed E-state index contributed by atoms with van der Waals surface area (Å²) in [5.41, 5.74) is 0. The van der Waals surface area contributed by atoms with Gasteiger partial charge in [-0.2, -0.15) is 0 Å². The van der Waals surface area contributed by atoms with E-state index in [1.54, 1.807) is 0 Å². The summed E-state index contributed by atoms with van der Waals surface area (Å²) in [7, 11) is 0. The van der Waals surface area contributed by atoms with Crippen molar-refractivity contribution < 1.29 is 28.6 Å². The maximum absolute atomic E-state index is 12.8. The smallest absolute Gasteiger partial charge is 0.306 e. The molecule has 1 atom stereocenters. The van der Waals surface area contributed by atoms with Gasteiger partial charge in [-0.15, -0.1) is 0 Å². The molecule has 0 spiro atoms. The van der Waals surface area contributed by atoms with E-state index in [0.29, 0.717) is 19.3 Å². The highest BCUT2D eigenvalue weighted by atomic mass is 16.6. The summed E-state index contributed by atoms with van der Waals surface area (Å²) >= 11 is 0. The van der Waals surface area contributed by atoms with Gasteiger partial charge in [0.15, 0.2) is 6.10 Å². The van der Waals surface area contributed by atoms with Crippen LogP contribution in [0.15, 0.2) is 72.9 Å². The highest BCUT2D eigenvalue weighted by Crippen LogP contribution is 2.16. The number of rotatable bonds is 54. The molecule has 6 heteroatoms. The molecule has 1 unspecified atom stereocenters. The molecule has 0 heterocycles. The molecule has 0 rings (SSSR count). The van der Waals surface area contributed by atoms with Crippen molar-refractivity contribution in [3.8, 4) is 0 Å². The summed E-state index contributed by atoms with van der Waals surface area (Å²) in [6, 6.07) is 0. The Kier molecular flexibility index (Phi) is 55.8. The number of ether oxygens (including phenoxy) is 3. The molecule has 0 aromatic rings. The van der Waals surface area contributed by atoms with Crippen molar-refractivity contribution in [1.82, 2.24) is 0 Å². The Balaban J connectivity index is 4.12. The molecule has 70 heavy (non-hydrogen) atoms. The summed E-state index contributed by atoms with van der Waals surface area (Å²) in [5.74, 6) is -0.880. The Morgan fingerprint density at radius 1 is 0.300 bits per heavy atom. The summed E-state index contributed by atoms with van der Waals surface area (Å²) in [6.07, 6.45) is 74.9. The van der Waals surface area contributed by atoms with Gasteiger partial charge >= 0.3 is 17.9 Å². The number of unbranched alkanes of at least 4 members (excludes halogenated alkanes) is 31. The first-order chi connectivity index (χ1) is 34.5. The second kappa shape index (κ2) is 58.4. The SMILES string of the molecule is CC/C=C\C/C=C\C/C=C\C/C=C\C/C=C\CCCCCCCCCCCCCCCC(=O)OCC(COC(=O)CCCCCCCCCC)OC(=O)CCCCCCC/C=C\CCCCCCCC. The van der Waals surface area contributed by atoms with Crippen LogP contribution in [0.25, 0.3) is 0 Å². The molecule has 0 radical (unpaired) electrons. The zero-order valence-corrected chi connectivity index (χ0v) is 46.3. The molecular formula is C64H112O6. The standard InChI is InChI=1S/C64H112O6/c1-4-7-10-13-16-19-21-23-25-26-27-28-29-30-31-32-33-34-35-36-37-38-40-41-43-45-48-51-54-57-63(66)69-60-61(59-68-62(65)56-53-50-47-18-15-12-9-6-3)70-64(67)58-55-52-49-46-44-42-39-24-22-20-17-14-11-8-5-2/h7,10,16,19,23-25,27-28,30-31,39,61H,4-6,8-9,11-15,17-18,20-22,26,29,32-38,40-60H2,1-3H3/b10-7-,19-16-,25-23-,28-27-,31-30-,39-24-. The number of hydrogen-bond donors (Lipinski definition) is 0. The topological polar surface area (TPSA) is 78.9 Å². The number of hydrogen-bond acceptors (Lipinski definition) is 6. The highest BCUT2D eigenvalue weighted by Gasteiger charge is 2.19. The van der Waals surface area contributed by atoms with Gasteiger partial charge in [-0.3, -0.25) is 14.4 Å². The lowest BCUT2D eigenvalue weighted by atomic mass is 10.0. The summed E-state index contributed by atoms with van der Waals surface area (Å²) in [6.45, 7) is 6.50. The number of allylic oxidation sites excluding steroid dienone is 12. The molecule has 0 saturated heterocycles. The van der Waals surface area contributed by atoms with Gasteiger partial charge in [0.05, 0.1) is 0 Å². The molecule has 404 valence electrons. The van der Waals surface area contributed by atoms with E-state index in [-0.39, 0.29) is 31.1 Å². The zero-order valence-electron chi connectivity index (χ0n) is 46.3. The number of esters is 3. The first-order valence-electron chi connectivity index (χ1n) is 29.9. The van der Waals surface area contributed by atoms with E-state index in [2.05, 4.69) is 93.7 Å². The van der Waals surface area contributed by atoms with Gasteiger partial charge in [-0.1, -0.05) is 261 Å². The minimum Gasteiger partial charge on any atom is -0.462 e. The van der Waals surface area contributed by atoms with Crippen molar-refractivity contribution in [2.24, 2.45) is 0 Å². The Morgan fingerprint density at radius 2 is 0.557 bits per heavy atom. The maximum atomic E-state index is 12.8. The maximum Gasteiger partial charge on any atom is 0.306 e. The van der Waals surface area contributed by atoms with Crippen LogP contribution in [0.1, 0.15) is 297 Å². The fraction of sp³-hybridized carbons (Fsp3) is 0.766. The molecule has 0 aliphatic rings. The van der Waals surface area contributed by atoms with Crippen molar-refractivity contribution in [3.63, 3.8) is 0 Å². The average Bonchev–Trinajstić information content (AvgIpc) is 3.36. The summed E-state index contributed by atoms with van der Waals surface area (Å²) in [4.78, 5) is 38.0. The molecule has 0 aromatic heterocycles. The second-order valence-corrected chi connectivity index (χ2v) is 19.9. The largest absolute Gasteiger partial charge is 0.462 e. The normalized spacial score (nSPS) is 12.6. The first kappa shape index (κ1) is 66.9. The van der Waals surface area contributed by atoms with Crippen LogP contribution >= 0.6 is 0 Å². The van der Waals surface area contributed by atoms with Crippen molar-refractivity contribution in [2.75, 3.05) is 13.2 Å². The van der Waals surface area contributed by atoms with E-state index in [9.17, 15) is 14.4 Å². The zero-order chi connectivity index (χ0) is 50.7. The monoisotopic (exact) mass is 977 g/mol. The minimum absolute atomic E-state index is 0.0757. The molecule has 0 bridgehead atoms. The summed E-state index contributed by atoms with van der Waals surface area (Å²) < 4.78 is 16.8. The van der Waals surface area contributed by atoms with E-state index >= 15 is 0 Å². The fourth-order valence-corrected chi connectivity index (χ4v) is 8.47. The minimum atomic E-state index is -0.776. The van der Waals surface area contributed by atoms with E-state index in [1.165, 1.54) is 161 Å². The van der Waals surface area contributed by atoms with Gasteiger partial charge in [-0.05, 0) is 89.9 Å². The van der Waals surface area contributed by atoms with Crippen LogP contribution in [0, 0.1) is 0 Å². The number of carbonyl (C=O) groups is 3. The van der Waals surface area contributed by atoms with Crippen molar-refractivity contribution >= 4 is 17.9 Å². The van der Waals surface area contributed by atoms with Crippen LogP contribution in [-0.4, -0.2) is 37.2 Å². The van der Waals surface area contributed by atoms with Crippen LogP contribution in [0.4, 0.5) is 0 Å². The Morgan fingerprint density at radius 3 is 0.886 bits per heavy atom. The molecule has 6 nitrogen and oxygen atoms in total. The first-order valence-corrected chi connectivity index (χ1v) is 29.9. The predicted molar refractivity (Wildman–Crippen MR) is 302 cm³/mol.